The maximum atomic E-state index is 13.0. The van der Waals surface area contributed by atoms with E-state index in [9.17, 15) is 9.18 Å². The van der Waals surface area contributed by atoms with Gasteiger partial charge < -0.3 is 15.4 Å². The highest BCUT2D eigenvalue weighted by atomic mass is 32.1. The number of carbonyl (C=O) groups is 1. The summed E-state index contributed by atoms with van der Waals surface area (Å²) in [6.07, 6.45) is 0.623. The maximum Gasteiger partial charge on any atom is 0.337 e. The molecule has 0 fully saturated rings. The van der Waals surface area contributed by atoms with Gasteiger partial charge in [-0.1, -0.05) is 30.3 Å². The Morgan fingerprint density at radius 1 is 1.38 bits per heavy atom. The van der Waals surface area contributed by atoms with Crippen LogP contribution in [0, 0.1) is 0 Å². The maximum absolute atomic E-state index is 13.0. The molecule has 2 rings (SSSR count). The molecular formula is C15H17FN2O2S. The summed E-state index contributed by atoms with van der Waals surface area (Å²) in [4.78, 5) is 12.1. The van der Waals surface area contributed by atoms with Gasteiger partial charge in [-0.05, 0) is 24.7 Å². The normalized spacial score (nSPS) is 18.0. The van der Waals surface area contributed by atoms with Crippen LogP contribution in [0.2, 0.25) is 0 Å². The van der Waals surface area contributed by atoms with E-state index in [1.807, 2.05) is 30.3 Å². The summed E-state index contributed by atoms with van der Waals surface area (Å²) in [5.41, 5.74) is 1.88. The zero-order valence-electron chi connectivity index (χ0n) is 11.7. The number of nitrogens with one attached hydrogen (secondary N) is 2. The molecule has 0 spiro atoms. The number of allylic oxidation sites excluding steroid dienone is 1. The number of esters is 1. The first kappa shape index (κ1) is 15.4. The van der Waals surface area contributed by atoms with Crippen LogP contribution in [0.1, 0.15) is 12.5 Å². The van der Waals surface area contributed by atoms with E-state index in [-0.39, 0.29) is 12.2 Å². The van der Waals surface area contributed by atoms with E-state index in [1.54, 1.807) is 6.92 Å². The summed E-state index contributed by atoms with van der Waals surface area (Å²) in [7, 11) is 0. The number of alkyl halides is 1. The Morgan fingerprint density at radius 2 is 2.10 bits per heavy atom. The lowest BCUT2D eigenvalue weighted by Gasteiger charge is -2.27. The molecule has 0 saturated carbocycles. The van der Waals surface area contributed by atoms with Crippen molar-refractivity contribution < 1.29 is 13.9 Å². The first-order chi connectivity index (χ1) is 10.1. The third kappa shape index (κ3) is 4.01. The summed E-state index contributed by atoms with van der Waals surface area (Å²) < 4.78 is 18.3. The second kappa shape index (κ2) is 7.17. The molecule has 4 nitrogen and oxygen atoms in total. The predicted octanol–water partition coefficient (Wildman–Crippen LogP) is 1.86. The zero-order chi connectivity index (χ0) is 15.2. The fourth-order valence-corrected chi connectivity index (χ4v) is 2.46. The number of benzene rings is 1. The van der Waals surface area contributed by atoms with Crippen LogP contribution in [0.15, 0.2) is 41.6 Å². The number of hydrogen-bond donors (Lipinski definition) is 2. The molecule has 6 heteroatoms. The summed E-state index contributed by atoms with van der Waals surface area (Å²) in [6.45, 7) is 1.22. The van der Waals surface area contributed by atoms with E-state index >= 15 is 0 Å². The summed E-state index contributed by atoms with van der Waals surface area (Å²) >= 11 is 4.94. The minimum absolute atomic E-state index is 0.253. The Morgan fingerprint density at radius 3 is 2.76 bits per heavy atom. The average molecular weight is 308 g/mol. The van der Waals surface area contributed by atoms with E-state index in [0.29, 0.717) is 17.2 Å². The molecule has 112 valence electrons. The minimum Gasteiger partial charge on any atom is -0.462 e. The number of ether oxygens (including phenoxy) is 1. The molecule has 1 aliphatic rings. The number of thiocarbonyl (C=S) groups is 1. The van der Waals surface area contributed by atoms with Crippen molar-refractivity contribution >= 4 is 23.3 Å². The molecule has 0 saturated heterocycles. The molecule has 1 aromatic carbocycles. The van der Waals surface area contributed by atoms with Gasteiger partial charge in [0.25, 0.3) is 0 Å². The van der Waals surface area contributed by atoms with Crippen LogP contribution in [0.4, 0.5) is 4.39 Å². The molecule has 1 atom stereocenters. The third-order valence-electron chi connectivity index (χ3n) is 3.20. The molecule has 0 bridgehead atoms. The predicted molar refractivity (Wildman–Crippen MR) is 82.4 cm³/mol. The summed E-state index contributed by atoms with van der Waals surface area (Å²) in [5.74, 6) is -0.520. The first-order valence-corrected chi connectivity index (χ1v) is 7.08. The highest BCUT2D eigenvalue weighted by Gasteiger charge is 2.29. The fraction of sp³-hybridized carbons (Fsp3) is 0.333. The second-order valence-corrected chi connectivity index (χ2v) is 5.12. The van der Waals surface area contributed by atoms with Gasteiger partial charge in [-0.25, -0.2) is 9.18 Å². The molecule has 1 aromatic rings. The lowest BCUT2D eigenvalue weighted by molar-refractivity contribution is -0.139. The average Bonchev–Trinajstić information content (AvgIpc) is 2.47. The van der Waals surface area contributed by atoms with Gasteiger partial charge in [0.2, 0.25) is 0 Å². The topological polar surface area (TPSA) is 50.4 Å². The number of carbonyl (C=O) groups excluding carboxylic acids is 1. The minimum atomic E-state index is -0.747. The van der Waals surface area contributed by atoms with Gasteiger partial charge in [0, 0.05) is 12.1 Å². The van der Waals surface area contributed by atoms with Crippen LogP contribution in [-0.2, 0) is 16.0 Å². The highest BCUT2D eigenvalue weighted by Crippen LogP contribution is 2.15. The van der Waals surface area contributed by atoms with Crippen molar-refractivity contribution in [2.24, 2.45) is 0 Å². The van der Waals surface area contributed by atoms with Crippen molar-refractivity contribution in [3.8, 4) is 0 Å². The van der Waals surface area contributed by atoms with Gasteiger partial charge >= 0.3 is 5.97 Å². The van der Waals surface area contributed by atoms with Crippen molar-refractivity contribution in [2.45, 2.75) is 19.4 Å². The van der Waals surface area contributed by atoms with E-state index in [2.05, 4.69) is 10.6 Å². The third-order valence-corrected chi connectivity index (χ3v) is 3.42. The summed E-state index contributed by atoms with van der Waals surface area (Å²) in [6, 6.07) is 8.97. The molecule has 0 radical (unpaired) electrons. The van der Waals surface area contributed by atoms with Crippen LogP contribution < -0.4 is 10.6 Å². The molecule has 1 heterocycles. The van der Waals surface area contributed by atoms with E-state index in [0.717, 1.165) is 5.56 Å². The van der Waals surface area contributed by atoms with Crippen molar-refractivity contribution in [3.05, 3.63) is 47.2 Å². The summed E-state index contributed by atoms with van der Waals surface area (Å²) in [5, 5.41) is 5.85. The van der Waals surface area contributed by atoms with Crippen LogP contribution in [0.5, 0.6) is 0 Å². The highest BCUT2D eigenvalue weighted by molar-refractivity contribution is 7.80. The number of halogens is 1. The van der Waals surface area contributed by atoms with Crippen LogP contribution in [-0.4, -0.2) is 30.4 Å². The lowest BCUT2D eigenvalue weighted by Crippen LogP contribution is -2.50. The Bertz CT molecular complexity index is 560. The van der Waals surface area contributed by atoms with Crippen LogP contribution in [0.25, 0.3) is 0 Å². The second-order valence-electron chi connectivity index (χ2n) is 4.72. The zero-order valence-corrected chi connectivity index (χ0v) is 12.5. The van der Waals surface area contributed by atoms with Crippen molar-refractivity contribution in [3.63, 3.8) is 0 Å². The van der Waals surface area contributed by atoms with E-state index in [4.69, 9.17) is 17.0 Å². The molecular weight excluding hydrogens is 291 g/mol. The van der Waals surface area contributed by atoms with E-state index in [1.165, 1.54) is 0 Å². The van der Waals surface area contributed by atoms with Gasteiger partial charge in [0.1, 0.15) is 6.67 Å². The molecule has 0 aliphatic carbocycles. The Balaban J connectivity index is 1.95. The van der Waals surface area contributed by atoms with Crippen molar-refractivity contribution in [1.29, 1.82) is 0 Å². The SMILES string of the molecule is CC1=C(C(=O)OCCc2ccccc2)C(CF)NC(=S)N1. The molecule has 0 amide bonds. The first-order valence-electron chi connectivity index (χ1n) is 6.67. The number of hydrogen-bond acceptors (Lipinski definition) is 3. The Kier molecular flexibility index (Phi) is 5.27. The molecule has 2 N–H and O–H groups in total. The van der Waals surface area contributed by atoms with Gasteiger partial charge in [0.15, 0.2) is 5.11 Å². The quantitative estimate of drug-likeness (QED) is 0.642. The smallest absolute Gasteiger partial charge is 0.337 e. The van der Waals surface area contributed by atoms with Crippen molar-refractivity contribution in [2.75, 3.05) is 13.3 Å². The van der Waals surface area contributed by atoms with Crippen LogP contribution in [0.3, 0.4) is 0 Å². The monoisotopic (exact) mass is 308 g/mol. The van der Waals surface area contributed by atoms with Crippen LogP contribution >= 0.6 is 12.2 Å². The van der Waals surface area contributed by atoms with Crippen molar-refractivity contribution in [1.82, 2.24) is 10.6 Å². The molecule has 21 heavy (non-hydrogen) atoms. The molecule has 1 unspecified atom stereocenters. The van der Waals surface area contributed by atoms with Gasteiger partial charge in [-0.2, -0.15) is 0 Å². The van der Waals surface area contributed by atoms with Gasteiger partial charge in [0.05, 0.1) is 18.2 Å². The van der Waals surface area contributed by atoms with Gasteiger partial charge in [-0.15, -0.1) is 0 Å². The lowest BCUT2D eigenvalue weighted by atomic mass is 10.0. The molecule has 1 aliphatic heterocycles. The Labute approximate surface area is 128 Å². The Hall–Kier alpha value is -1.95. The fourth-order valence-electron chi connectivity index (χ4n) is 2.16. The molecule has 0 aromatic heterocycles. The van der Waals surface area contributed by atoms with E-state index < -0.39 is 18.7 Å². The van der Waals surface area contributed by atoms with Gasteiger partial charge in [-0.3, -0.25) is 0 Å². The number of rotatable bonds is 5. The standard InChI is InChI=1S/C15H17FN2O2S/c1-10-13(12(9-16)18-15(21)17-10)14(19)20-8-7-11-5-3-2-4-6-11/h2-6,12H,7-9H2,1H3,(H2,17,18,21). The largest absolute Gasteiger partial charge is 0.462 e.